The quantitative estimate of drug-likeness (QED) is 0.469. The highest BCUT2D eigenvalue weighted by molar-refractivity contribution is 7.90. The Bertz CT molecular complexity index is 747. The summed E-state index contributed by atoms with van der Waals surface area (Å²) in [6.45, 7) is 5.26. The van der Waals surface area contributed by atoms with E-state index in [4.69, 9.17) is 0 Å². The fourth-order valence-electron chi connectivity index (χ4n) is 2.93. The summed E-state index contributed by atoms with van der Waals surface area (Å²) >= 11 is 0. The Hall–Kier alpha value is -1.87. The van der Waals surface area contributed by atoms with Crippen molar-refractivity contribution < 1.29 is 17.9 Å². The molecular weight excluding hydrogens is 371 g/mol. The molecule has 7 nitrogen and oxygen atoms in total. The van der Waals surface area contributed by atoms with E-state index in [0.717, 1.165) is 25.9 Å². The molecule has 0 amide bonds. The van der Waals surface area contributed by atoms with Crippen molar-refractivity contribution in [2.45, 2.75) is 32.4 Å². The molecular formula is C18H29FN4O3S. The summed E-state index contributed by atoms with van der Waals surface area (Å²) in [6.07, 6.45) is 3.07. The normalized spacial score (nSPS) is 17.1. The van der Waals surface area contributed by atoms with Gasteiger partial charge in [-0.15, -0.1) is 0 Å². The zero-order valence-corrected chi connectivity index (χ0v) is 16.7. The minimum Gasteiger partial charge on any atom is -0.505 e. The van der Waals surface area contributed by atoms with E-state index in [0.29, 0.717) is 31.2 Å². The van der Waals surface area contributed by atoms with Gasteiger partial charge in [0.25, 0.3) is 0 Å². The highest BCUT2D eigenvalue weighted by Gasteiger charge is 2.20. The molecule has 1 aliphatic heterocycles. The average molecular weight is 401 g/mol. The number of hydrogen-bond donors (Lipinski definition) is 3. The lowest BCUT2D eigenvalue weighted by atomic mass is 10.1. The van der Waals surface area contributed by atoms with Gasteiger partial charge in [0, 0.05) is 38.5 Å². The Balaban J connectivity index is 1.86. The molecule has 1 aromatic rings. The van der Waals surface area contributed by atoms with Crippen LogP contribution in [0.2, 0.25) is 0 Å². The van der Waals surface area contributed by atoms with Crippen LogP contribution in [0.4, 0.5) is 4.39 Å². The number of aliphatic imine (C=N–C) groups is 1. The van der Waals surface area contributed by atoms with Crippen molar-refractivity contribution in [3.8, 4) is 5.75 Å². The molecule has 2 rings (SSSR count). The Morgan fingerprint density at radius 1 is 1.37 bits per heavy atom. The fourth-order valence-corrected chi connectivity index (χ4v) is 3.52. The van der Waals surface area contributed by atoms with Gasteiger partial charge in [-0.3, -0.25) is 0 Å². The number of guanidine groups is 1. The third-order valence-corrected chi connectivity index (χ3v) is 5.41. The summed E-state index contributed by atoms with van der Waals surface area (Å²) < 4.78 is 36.0. The van der Waals surface area contributed by atoms with E-state index in [1.54, 1.807) is 6.07 Å². The van der Waals surface area contributed by atoms with Gasteiger partial charge < -0.3 is 20.6 Å². The van der Waals surface area contributed by atoms with E-state index in [9.17, 15) is 17.9 Å². The first-order valence-corrected chi connectivity index (χ1v) is 11.2. The van der Waals surface area contributed by atoms with Crippen LogP contribution in [0.25, 0.3) is 0 Å². The molecule has 1 aliphatic rings. The molecule has 0 bridgehead atoms. The Morgan fingerprint density at radius 2 is 2.07 bits per heavy atom. The van der Waals surface area contributed by atoms with Crippen LogP contribution in [0.15, 0.2) is 23.2 Å². The van der Waals surface area contributed by atoms with E-state index in [-0.39, 0.29) is 17.5 Å². The first-order valence-electron chi connectivity index (χ1n) is 9.19. The molecule has 0 unspecified atom stereocenters. The fraction of sp³-hybridized carbons (Fsp3) is 0.611. The molecule has 9 heteroatoms. The van der Waals surface area contributed by atoms with E-state index in [2.05, 4.69) is 20.5 Å². The molecule has 0 radical (unpaired) electrons. The molecule has 0 aromatic heterocycles. The van der Waals surface area contributed by atoms with Crippen LogP contribution in [-0.2, 0) is 16.4 Å². The van der Waals surface area contributed by atoms with E-state index >= 15 is 0 Å². The molecule has 27 heavy (non-hydrogen) atoms. The van der Waals surface area contributed by atoms with Crippen LogP contribution in [0.1, 0.15) is 25.3 Å². The molecule has 1 saturated heterocycles. The van der Waals surface area contributed by atoms with Gasteiger partial charge in [0.1, 0.15) is 9.84 Å². The number of rotatable bonds is 7. The summed E-state index contributed by atoms with van der Waals surface area (Å²) in [5.74, 6) is -0.156. The number of sulfone groups is 1. The van der Waals surface area contributed by atoms with Crippen molar-refractivity contribution >= 4 is 15.8 Å². The number of piperidine rings is 1. The maximum absolute atomic E-state index is 13.4. The second-order valence-corrected chi connectivity index (χ2v) is 9.13. The second kappa shape index (κ2) is 9.89. The molecule has 1 heterocycles. The zero-order valence-electron chi connectivity index (χ0n) is 15.9. The summed E-state index contributed by atoms with van der Waals surface area (Å²) in [4.78, 5) is 6.66. The predicted molar refractivity (Wildman–Crippen MR) is 105 cm³/mol. The van der Waals surface area contributed by atoms with Crippen LogP contribution in [-0.4, -0.2) is 68.6 Å². The molecule has 1 fully saturated rings. The van der Waals surface area contributed by atoms with Crippen molar-refractivity contribution in [1.29, 1.82) is 0 Å². The van der Waals surface area contributed by atoms with Gasteiger partial charge in [-0.25, -0.2) is 17.8 Å². The maximum Gasteiger partial charge on any atom is 0.191 e. The zero-order chi connectivity index (χ0) is 19.9. The van der Waals surface area contributed by atoms with Crippen LogP contribution in [0.3, 0.4) is 0 Å². The van der Waals surface area contributed by atoms with Gasteiger partial charge in [0.05, 0.1) is 12.3 Å². The first-order chi connectivity index (χ1) is 12.8. The average Bonchev–Trinajstić information content (AvgIpc) is 2.61. The topological polar surface area (TPSA) is 94.0 Å². The number of phenols is 1. The van der Waals surface area contributed by atoms with Crippen LogP contribution < -0.4 is 10.6 Å². The van der Waals surface area contributed by atoms with E-state index < -0.39 is 15.7 Å². The number of aromatic hydroxyl groups is 1. The molecule has 1 aromatic carbocycles. The molecule has 0 aliphatic carbocycles. The largest absolute Gasteiger partial charge is 0.505 e. The number of nitrogens with zero attached hydrogens (tertiary/aromatic N) is 2. The van der Waals surface area contributed by atoms with Gasteiger partial charge in [-0.2, -0.15) is 0 Å². The summed E-state index contributed by atoms with van der Waals surface area (Å²) in [6, 6.07) is 4.51. The van der Waals surface area contributed by atoms with Gasteiger partial charge in [0.2, 0.25) is 0 Å². The number of phenolic OH excluding ortho intramolecular Hbond substituents is 1. The van der Waals surface area contributed by atoms with Crippen molar-refractivity contribution in [3.05, 3.63) is 29.6 Å². The predicted octanol–water partition coefficient (Wildman–Crippen LogP) is 1.10. The Labute approximate surface area is 160 Å². The molecule has 152 valence electrons. The lowest BCUT2D eigenvalue weighted by Crippen LogP contribution is -2.49. The van der Waals surface area contributed by atoms with Crippen LogP contribution >= 0.6 is 0 Å². The third kappa shape index (κ3) is 7.72. The minimum atomic E-state index is -2.93. The van der Waals surface area contributed by atoms with Gasteiger partial charge in [-0.05, 0) is 37.5 Å². The number of halogens is 1. The molecule has 0 saturated carbocycles. The van der Waals surface area contributed by atoms with Crippen molar-refractivity contribution in [3.63, 3.8) is 0 Å². The summed E-state index contributed by atoms with van der Waals surface area (Å²) in [5, 5.41) is 15.8. The number of nitrogens with one attached hydrogen (secondary N) is 2. The monoisotopic (exact) mass is 400 g/mol. The standard InChI is InChI=1S/C18H29FN4O3S/c1-3-20-18(21-13-14-4-5-17(24)16(19)12-14)22-15-6-8-23(9-7-15)10-11-27(2,25)26/h4-5,12,15,24H,3,6-11,13H2,1-2H3,(H2,20,21,22). The SMILES string of the molecule is CCNC(=NCc1ccc(O)c(F)c1)NC1CCN(CCS(C)(=O)=O)CC1. The molecule has 0 spiro atoms. The third-order valence-electron chi connectivity index (χ3n) is 4.48. The van der Waals surface area contributed by atoms with Crippen molar-refractivity contribution in [1.82, 2.24) is 15.5 Å². The first kappa shape index (κ1) is 21.4. The highest BCUT2D eigenvalue weighted by Crippen LogP contribution is 2.16. The minimum absolute atomic E-state index is 0.193. The molecule has 0 atom stereocenters. The maximum atomic E-state index is 13.4. The summed E-state index contributed by atoms with van der Waals surface area (Å²) in [7, 11) is -2.93. The van der Waals surface area contributed by atoms with Gasteiger partial charge in [-0.1, -0.05) is 6.07 Å². The number of hydrogen-bond acceptors (Lipinski definition) is 5. The van der Waals surface area contributed by atoms with Gasteiger partial charge >= 0.3 is 0 Å². The van der Waals surface area contributed by atoms with Crippen LogP contribution in [0.5, 0.6) is 5.75 Å². The van der Waals surface area contributed by atoms with Crippen molar-refractivity contribution in [2.75, 3.05) is 38.2 Å². The number of likely N-dealkylation sites (tertiary alicyclic amines) is 1. The summed E-state index contributed by atoms with van der Waals surface area (Å²) in [5.41, 5.74) is 0.679. The second-order valence-electron chi connectivity index (χ2n) is 6.87. The van der Waals surface area contributed by atoms with Crippen LogP contribution in [0, 0.1) is 5.82 Å². The van der Waals surface area contributed by atoms with E-state index in [1.165, 1.54) is 18.4 Å². The number of benzene rings is 1. The molecule has 3 N–H and O–H groups in total. The van der Waals surface area contributed by atoms with Crippen molar-refractivity contribution in [2.24, 2.45) is 4.99 Å². The lowest BCUT2D eigenvalue weighted by molar-refractivity contribution is 0.216. The smallest absolute Gasteiger partial charge is 0.191 e. The lowest BCUT2D eigenvalue weighted by Gasteiger charge is -2.32. The van der Waals surface area contributed by atoms with E-state index in [1.807, 2.05) is 6.92 Å². The Kier molecular flexibility index (Phi) is 7.85. The Morgan fingerprint density at radius 3 is 2.67 bits per heavy atom. The highest BCUT2D eigenvalue weighted by atomic mass is 32.2. The van der Waals surface area contributed by atoms with Gasteiger partial charge in [0.15, 0.2) is 17.5 Å².